The van der Waals surface area contributed by atoms with Gasteiger partial charge in [-0.3, -0.25) is 29.5 Å². The molecule has 0 spiro atoms. The van der Waals surface area contributed by atoms with Crippen LogP contribution >= 0.6 is 11.8 Å². The quantitative estimate of drug-likeness (QED) is 0.242. The van der Waals surface area contributed by atoms with Gasteiger partial charge in [0.25, 0.3) is 5.56 Å². The first-order chi connectivity index (χ1) is 26.3. The lowest BCUT2D eigenvalue weighted by atomic mass is 9.95. The number of fused-ring (bicyclic) bond motifs is 1. The van der Waals surface area contributed by atoms with E-state index in [9.17, 15) is 18.8 Å². The second kappa shape index (κ2) is 16.5. The number of hydrogen-bond donors (Lipinski definition) is 3. The fourth-order valence-electron chi connectivity index (χ4n) is 8.51. The number of H-pyrrole nitrogens is 1. The van der Waals surface area contributed by atoms with Crippen molar-refractivity contribution in [3.8, 4) is 5.75 Å². The van der Waals surface area contributed by atoms with E-state index in [2.05, 4.69) is 35.3 Å². The van der Waals surface area contributed by atoms with E-state index < -0.39 is 17.4 Å². The summed E-state index contributed by atoms with van der Waals surface area (Å²) in [5.74, 6) is 0.322. The molecule has 1 unspecified atom stereocenters. The van der Waals surface area contributed by atoms with E-state index in [0.717, 1.165) is 91.0 Å². The molecule has 0 radical (unpaired) electrons. The summed E-state index contributed by atoms with van der Waals surface area (Å²) in [4.78, 5) is 51.1. The molecule has 1 aromatic heterocycles. The Balaban J connectivity index is 0.756. The molecule has 8 rings (SSSR count). The molecule has 290 valence electrons. The average Bonchev–Trinajstić information content (AvgIpc) is 3.15. The summed E-state index contributed by atoms with van der Waals surface area (Å²) in [5.41, 5.74) is 0.990. The Morgan fingerprint density at radius 2 is 1.67 bits per heavy atom. The van der Waals surface area contributed by atoms with Crippen molar-refractivity contribution in [2.45, 2.75) is 80.5 Å². The number of benzene rings is 2. The molecule has 1 atom stereocenters. The maximum absolute atomic E-state index is 15.2. The monoisotopic (exact) mass is 765 g/mol. The van der Waals surface area contributed by atoms with Gasteiger partial charge >= 0.3 is 0 Å². The zero-order valence-electron chi connectivity index (χ0n) is 30.5. The van der Waals surface area contributed by atoms with Gasteiger partial charge in [-0.1, -0.05) is 0 Å². The molecule has 5 aliphatic rings. The van der Waals surface area contributed by atoms with Gasteiger partial charge in [-0.15, -0.1) is 0 Å². The maximum Gasteiger partial charge on any atom is 0.261 e. The lowest BCUT2D eigenvalue weighted by Gasteiger charge is -2.52. The number of hydrogen-bond acceptors (Lipinski definition) is 11. The van der Waals surface area contributed by atoms with Crippen molar-refractivity contribution in [1.29, 1.82) is 0 Å². The average molecular weight is 766 g/mol. The summed E-state index contributed by atoms with van der Waals surface area (Å²) >= 11 is 1.81. The van der Waals surface area contributed by atoms with Crippen LogP contribution in [0.15, 0.2) is 35.1 Å². The summed E-state index contributed by atoms with van der Waals surface area (Å²) in [7, 11) is 0. The Bertz CT molecular complexity index is 1890. The highest BCUT2D eigenvalue weighted by atomic mass is 32.2. The van der Waals surface area contributed by atoms with E-state index in [4.69, 9.17) is 9.47 Å². The lowest BCUT2D eigenvalue weighted by molar-refractivity contribution is -0.133. The SMILES string of the molecule is O=C1CCC(Nc2ccc(N3CCC(N4CC(N5CCC(SCc6nc7cc(OCC8CCOCC8)cc(F)c7c(=O)[nH]6)CC5)C4)CC3)c(F)c2)C(=O)N1. The summed E-state index contributed by atoms with van der Waals surface area (Å²) in [6, 6.07) is 8.51. The highest BCUT2D eigenvalue weighted by molar-refractivity contribution is 7.99. The summed E-state index contributed by atoms with van der Waals surface area (Å²) in [6.07, 6.45) is 6.64. The molecule has 2 amide bonds. The third kappa shape index (κ3) is 8.53. The van der Waals surface area contributed by atoms with Gasteiger partial charge < -0.3 is 24.7 Å². The fourth-order valence-corrected chi connectivity index (χ4v) is 9.58. The molecule has 2 aromatic carbocycles. The minimum absolute atomic E-state index is 0.0302. The van der Waals surface area contributed by atoms with Crippen molar-refractivity contribution < 1.29 is 27.8 Å². The molecule has 54 heavy (non-hydrogen) atoms. The summed E-state index contributed by atoms with van der Waals surface area (Å²) in [5, 5.41) is 5.83. The minimum Gasteiger partial charge on any atom is -0.493 e. The van der Waals surface area contributed by atoms with E-state index >= 15 is 4.39 Å². The number of thioether (sulfide) groups is 1. The number of rotatable bonds is 11. The number of carbonyl (C=O) groups is 2. The van der Waals surface area contributed by atoms with Crippen LogP contribution in [0.2, 0.25) is 0 Å². The fraction of sp³-hybridized carbons (Fsp3) is 0.590. The van der Waals surface area contributed by atoms with Crippen LogP contribution in [0.25, 0.3) is 10.9 Å². The second-order valence-corrected chi connectivity index (χ2v) is 16.7. The number of likely N-dealkylation sites (tertiary alicyclic amines) is 2. The van der Waals surface area contributed by atoms with Crippen molar-refractivity contribution in [1.82, 2.24) is 25.1 Å². The third-order valence-corrected chi connectivity index (χ3v) is 13.2. The Hall–Kier alpha value is -3.79. The Kier molecular flexibility index (Phi) is 11.4. The maximum atomic E-state index is 15.2. The van der Waals surface area contributed by atoms with Crippen molar-refractivity contribution >= 4 is 45.9 Å². The summed E-state index contributed by atoms with van der Waals surface area (Å²) < 4.78 is 41.4. The number of anilines is 2. The standard InChI is InChI=1S/C39H49F2N7O5S/c40-30-17-25(42-32-2-4-36(49)45-38(32)50)1-3-34(30)47-11-5-26(6-12-47)48-20-27(21-48)46-13-7-29(8-14-46)54-23-35-43-33-19-28(18-31(41)37(33)39(51)44-35)53-22-24-9-15-52-16-10-24/h1,3,17-19,24,26-27,29,32,42H,2,4-16,20-23H2,(H,43,44,51)(H,45,49,50). The van der Waals surface area contributed by atoms with Gasteiger partial charge in [-0.2, -0.15) is 11.8 Å². The number of amides is 2. The second-order valence-electron chi connectivity index (χ2n) is 15.4. The topological polar surface area (TPSA) is 132 Å². The van der Waals surface area contributed by atoms with Gasteiger partial charge in [-0.05, 0) is 82.2 Å². The van der Waals surface area contributed by atoms with E-state index in [1.165, 1.54) is 12.1 Å². The zero-order chi connectivity index (χ0) is 37.2. The van der Waals surface area contributed by atoms with Crippen LogP contribution in [-0.2, 0) is 20.1 Å². The number of nitrogens with zero attached hydrogens (tertiary/aromatic N) is 4. The molecule has 3 aromatic rings. The Morgan fingerprint density at radius 1 is 0.889 bits per heavy atom. The first kappa shape index (κ1) is 37.1. The molecule has 12 nitrogen and oxygen atoms in total. The van der Waals surface area contributed by atoms with Crippen molar-refractivity contribution in [3.63, 3.8) is 0 Å². The first-order valence-electron chi connectivity index (χ1n) is 19.4. The lowest BCUT2D eigenvalue weighted by Crippen LogP contribution is -2.64. The third-order valence-electron chi connectivity index (χ3n) is 11.8. The predicted molar refractivity (Wildman–Crippen MR) is 204 cm³/mol. The summed E-state index contributed by atoms with van der Waals surface area (Å²) in [6.45, 7) is 7.74. The van der Waals surface area contributed by atoms with Gasteiger partial charge in [0.1, 0.15) is 34.6 Å². The van der Waals surface area contributed by atoms with Gasteiger partial charge in [0.05, 0.1) is 23.6 Å². The molecule has 6 heterocycles. The van der Waals surface area contributed by atoms with E-state index in [-0.39, 0.29) is 29.4 Å². The van der Waals surface area contributed by atoms with Crippen LogP contribution in [0, 0.1) is 17.6 Å². The number of carbonyl (C=O) groups excluding carboxylic acids is 2. The molecule has 5 aliphatic heterocycles. The van der Waals surface area contributed by atoms with Gasteiger partial charge in [0.2, 0.25) is 11.8 Å². The molecule has 5 saturated heterocycles. The van der Waals surface area contributed by atoms with Crippen LogP contribution in [0.3, 0.4) is 0 Å². The minimum atomic E-state index is -0.615. The van der Waals surface area contributed by atoms with Gasteiger partial charge in [-0.25, -0.2) is 13.8 Å². The number of imide groups is 1. The highest BCUT2D eigenvalue weighted by Crippen LogP contribution is 2.33. The van der Waals surface area contributed by atoms with E-state index in [1.807, 2.05) is 11.8 Å². The molecular formula is C39H49F2N7O5S. The number of nitrogens with one attached hydrogen (secondary N) is 3. The van der Waals surface area contributed by atoms with Crippen molar-refractivity contribution in [2.75, 3.05) is 69.3 Å². The number of piperidine rings is 3. The predicted octanol–water partition coefficient (Wildman–Crippen LogP) is 4.27. The molecule has 15 heteroatoms. The van der Waals surface area contributed by atoms with Gasteiger partial charge in [0, 0.05) is 81.0 Å². The van der Waals surface area contributed by atoms with Crippen LogP contribution in [0.4, 0.5) is 20.2 Å². The van der Waals surface area contributed by atoms with Crippen LogP contribution in [0.5, 0.6) is 5.75 Å². The number of ether oxygens (including phenoxy) is 2. The number of aromatic nitrogens is 2. The van der Waals surface area contributed by atoms with Crippen LogP contribution in [-0.4, -0.2) is 114 Å². The molecule has 3 N–H and O–H groups in total. The van der Waals surface area contributed by atoms with E-state index in [1.54, 1.807) is 18.2 Å². The van der Waals surface area contributed by atoms with Crippen LogP contribution in [0.1, 0.15) is 57.2 Å². The van der Waals surface area contributed by atoms with E-state index in [0.29, 0.717) is 70.5 Å². The molecule has 0 saturated carbocycles. The number of halogens is 2. The highest BCUT2D eigenvalue weighted by Gasteiger charge is 2.38. The van der Waals surface area contributed by atoms with Gasteiger partial charge in [0.15, 0.2) is 0 Å². The largest absolute Gasteiger partial charge is 0.493 e. The zero-order valence-corrected chi connectivity index (χ0v) is 31.3. The van der Waals surface area contributed by atoms with Crippen LogP contribution < -0.4 is 25.8 Å². The molecule has 5 fully saturated rings. The molecule has 0 aliphatic carbocycles. The molecule has 0 bridgehead atoms. The smallest absolute Gasteiger partial charge is 0.261 e. The normalized spacial score (nSPS) is 23.1. The molecular weight excluding hydrogens is 717 g/mol. The number of aromatic amines is 1. The first-order valence-corrected chi connectivity index (χ1v) is 20.5. The van der Waals surface area contributed by atoms with Crippen molar-refractivity contribution in [3.05, 3.63) is 58.1 Å². The van der Waals surface area contributed by atoms with Crippen molar-refractivity contribution in [2.24, 2.45) is 5.92 Å². The Labute approximate surface area is 317 Å². The Morgan fingerprint density at radius 3 is 2.41 bits per heavy atom.